The minimum atomic E-state index is -0.550. The van der Waals surface area contributed by atoms with Crippen molar-refractivity contribution in [2.24, 2.45) is 11.7 Å². The largest absolute Gasteiger partial charge is 0.489 e. The van der Waals surface area contributed by atoms with E-state index in [1.165, 1.54) is 0 Å². The van der Waals surface area contributed by atoms with Crippen LogP contribution in [0.25, 0.3) is 10.9 Å². The zero-order chi connectivity index (χ0) is 23.3. The number of nitrogens with two attached hydrogens (primary N) is 1. The Labute approximate surface area is 189 Å². The van der Waals surface area contributed by atoms with Gasteiger partial charge in [-0.2, -0.15) is 0 Å². The third-order valence-corrected chi connectivity index (χ3v) is 5.09. The number of hydrogen-bond donors (Lipinski definition) is 2. The second-order valence-electron chi connectivity index (χ2n) is 8.36. The molecule has 0 aliphatic heterocycles. The number of hydrogen-bond acceptors (Lipinski definition) is 5. The molecule has 0 spiro atoms. The van der Waals surface area contributed by atoms with E-state index in [9.17, 15) is 4.79 Å². The molecule has 0 unspecified atom stereocenters. The standard InChI is InChI=1S/C26H31N3O3/c1-6-13-31-24-15-23(16(2)3)29-22-12-11-20(14-21(22)24)32-19-9-7-18(8-10-19)28-26(30)25(27)17(4)5/h6-12,14-17,25H,1,13,27H2,2-5H3,(H,28,30)/t25-/m0/s1. The van der Waals surface area contributed by atoms with E-state index in [2.05, 4.69) is 25.7 Å². The van der Waals surface area contributed by atoms with Crippen molar-refractivity contribution in [1.29, 1.82) is 0 Å². The summed E-state index contributed by atoms with van der Waals surface area (Å²) in [5.41, 5.74) is 8.39. The molecule has 3 N–H and O–H groups in total. The fraction of sp³-hybridized carbons (Fsp3) is 0.308. The fourth-order valence-electron chi connectivity index (χ4n) is 3.09. The lowest BCUT2D eigenvalue weighted by Crippen LogP contribution is -2.39. The van der Waals surface area contributed by atoms with Crippen LogP contribution >= 0.6 is 0 Å². The lowest BCUT2D eigenvalue weighted by atomic mass is 10.0. The van der Waals surface area contributed by atoms with Gasteiger partial charge >= 0.3 is 0 Å². The van der Waals surface area contributed by atoms with Crippen molar-refractivity contribution in [3.63, 3.8) is 0 Å². The maximum absolute atomic E-state index is 12.1. The number of carbonyl (C=O) groups excluding carboxylic acids is 1. The number of nitrogens with zero attached hydrogens (tertiary/aromatic N) is 1. The molecular formula is C26H31N3O3. The fourth-order valence-corrected chi connectivity index (χ4v) is 3.09. The Kier molecular flexibility index (Phi) is 7.49. The predicted octanol–water partition coefficient (Wildman–Crippen LogP) is 5.64. The van der Waals surface area contributed by atoms with Crippen LogP contribution in [-0.4, -0.2) is 23.5 Å². The van der Waals surface area contributed by atoms with Crippen LogP contribution in [0.15, 0.2) is 61.2 Å². The highest BCUT2D eigenvalue weighted by molar-refractivity contribution is 5.94. The van der Waals surface area contributed by atoms with E-state index in [1.807, 2.05) is 38.1 Å². The summed E-state index contributed by atoms with van der Waals surface area (Å²) in [4.78, 5) is 16.9. The van der Waals surface area contributed by atoms with Crippen LogP contribution in [0.3, 0.4) is 0 Å². The van der Waals surface area contributed by atoms with Gasteiger partial charge in [0.25, 0.3) is 0 Å². The molecule has 3 rings (SSSR count). The molecule has 32 heavy (non-hydrogen) atoms. The van der Waals surface area contributed by atoms with Gasteiger partial charge in [0.15, 0.2) is 0 Å². The number of nitrogens with one attached hydrogen (secondary N) is 1. The molecular weight excluding hydrogens is 402 g/mol. The molecule has 2 aromatic carbocycles. The molecule has 0 bridgehead atoms. The number of ether oxygens (including phenoxy) is 2. The van der Waals surface area contributed by atoms with Crippen LogP contribution < -0.4 is 20.5 Å². The predicted molar refractivity (Wildman–Crippen MR) is 129 cm³/mol. The van der Waals surface area contributed by atoms with Crippen molar-refractivity contribution in [2.45, 2.75) is 39.7 Å². The van der Waals surface area contributed by atoms with Crippen molar-refractivity contribution in [3.8, 4) is 17.2 Å². The molecule has 1 amide bonds. The molecule has 0 aliphatic carbocycles. The van der Waals surface area contributed by atoms with Gasteiger partial charge < -0.3 is 20.5 Å². The van der Waals surface area contributed by atoms with Crippen LogP contribution in [0.2, 0.25) is 0 Å². The molecule has 0 saturated heterocycles. The average molecular weight is 434 g/mol. The average Bonchev–Trinajstić information content (AvgIpc) is 2.77. The van der Waals surface area contributed by atoms with Crippen molar-refractivity contribution in [3.05, 3.63) is 66.9 Å². The van der Waals surface area contributed by atoms with E-state index >= 15 is 0 Å². The van der Waals surface area contributed by atoms with Gasteiger partial charge in [0.05, 0.1) is 11.6 Å². The lowest BCUT2D eigenvalue weighted by molar-refractivity contribution is -0.118. The Morgan fingerprint density at radius 1 is 1.09 bits per heavy atom. The summed E-state index contributed by atoms with van der Waals surface area (Å²) in [7, 11) is 0. The summed E-state index contributed by atoms with van der Waals surface area (Å²) in [6.07, 6.45) is 1.72. The number of benzene rings is 2. The summed E-state index contributed by atoms with van der Waals surface area (Å²) >= 11 is 0. The van der Waals surface area contributed by atoms with E-state index in [0.29, 0.717) is 23.8 Å². The highest BCUT2D eigenvalue weighted by atomic mass is 16.5. The van der Waals surface area contributed by atoms with Crippen LogP contribution in [0.1, 0.15) is 39.3 Å². The van der Waals surface area contributed by atoms with Gasteiger partial charge in [0, 0.05) is 22.8 Å². The first-order valence-corrected chi connectivity index (χ1v) is 10.8. The van der Waals surface area contributed by atoms with E-state index in [-0.39, 0.29) is 17.7 Å². The van der Waals surface area contributed by atoms with Gasteiger partial charge in [-0.3, -0.25) is 9.78 Å². The molecule has 0 aliphatic rings. The number of amides is 1. The SMILES string of the molecule is C=CCOc1cc(C(C)C)nc2ccc(Oc3ccc(NC(=O)[C@@H](N)C(C)C)cc3)cc12. The molecule has 168 valence electrons. The Morgan fingerprint density at radius 2 is 1.78 bits per heavy atom. The summed E-state index contributed by atoms with van der Waals surface area (Å²) in [6.45, 7) is 12.2. The van der Waals surface area contributed by atoms with Gasteiger partial charge in [0.2, 0.25) is 5.91 Å². The first-order chi connectivity index (χ1) is 15.3. The molecule has 3 aromatic rings. The van der Waals surface area contributed by atoms with E-state index in [1.54, 1.807) is 30.3 Å². The summed E-state index contributed by atoms with van der Waals surface area (Å²) < 4.78 is 11.9. The molecule has 6 heteroatoms. The molecule has 1 atom stereocenters. The highest BCUT2D eigenvalue weighted by Gasteiger charge is 2.17. The molecule has 1 aromatic heterocycles. The van der Waals surface area contributed by atoms with Crippen LogP contribution in [0.4, 0.5) is 5.69 Å². The van der Waals surface area contributed by atoms with E-state index < -0.39 is 6.04 Å². The van der Waals surface area contributed by atoms with Crippen LogP contribution in [0.5, 0.6) is 17.2 Å². The first-order valence-electron chi connectivity index (χ1n) is 10.8. The monoisotopic (exact) mass is 433 g/mol. The van der Waals surface area contributed by atoms with Gasteiger partial charge in [0.1, 0.15) is 23.9 Å². The Bertz CT molecular complexity index is 1090. The minimum absolute atomic E-state index is 0.0666. The molecule has 0 radical (unpaired) electrons. The number of fused-ring (bicyclic) bond motifs is 1. The first kappa shape index (κ1) is 23.3. The van der Waals surface area contributed by atoms with Gasteiger partial charge in [-0.25, -0.2) is 0 Å². The van der Waals surface area contributed by atoms with Crippen molar-refractivity contribution < 1.29 is 14.3 Å². The Balaban J connectivity index is 1.80. The highest BCUT2D eigenvalue weighted by Crippen LogP contribution is 2.33. The third kappa shape index (κ3) is 5.65. The molecule has 0 fully saturated rings. The van der Waals surface area contributed by atoms with Crippen LogP contribution in [0, 0.1) is 5.92 Å². The quantitative estimate of drug-likeness (QED) is 0.427. The smallest absolute Gasteiger partial charge is 0.241 e. The van der Waals surface area contributed by atoms with Crippen molar-refractivity contribution in [2.75, 3.05) is 11.9 Å². The maximum atomic E-state index is 12.1. The van der Waals surface area contributed by atoms with Gasteiger partial charge in [-0.15, -0.1) is 0 Å². The van der Waals surface area contributed by atoms with Crippen molar-refractivity contribution in [1.82, 2.24) is 4.98 Å². The summed E-state index contributed by atoms with van der Waals surface area (Å²) in [5, 5.41) is 3.70. The lowest BCUT2D eigenvalue weighted by Gasteiger charge is -2.15. The molecule has 6 nitrogen and oxygen atoms in total. The summed E-state index contributed by atoms with van der Waals surface area (Å²) in [6, 6.07) is 14.3. The molecule has 0 saturated carbocycles. The van der Waals surface area contributed by atoms with Crippen LogP contribution in [-0.2, 0) is 4.79 Å². The number of pyridine rings is 1. The topological polar surface area (TPSA) is 86.5 Å². The van der Waals surface area contributed by atoms with E-state index in [4.69, 9.17) is 20.2 Å². The molecule has 1 heterocycles. The summed E-state index contributed by atoms with van der Waals surface area (Å²) in [5.74, 6) is 2.22. The maximum Gasteiger partial charge on any atom is 0.241 e. The van der Waals surface area contributed by atoms with Gasteiger partial charge in [-0.1, -0.05) is 40.3 Å². The zero-order valence-corrected chi connectivity index (χ0v) is 19.1. The number of carbonyl (C=O) groups is 1. The normalized spacial score (nSPS) is 12.1. The van der Waals surface area contributed by atoms with Crippen molar-refractivity contribution >= 4 is 22.5 Å². The Morgan fingerprint density at radius 3 is 2.41 bits per heavy atom. The van der Waals surface area contributed by atoms with Gasteiger partial charge in [-0.05, 0) is 54.3 Å². The minimum Gasteiger partial charge on any atom is -0.489 e. The Hall–Kier alpha value is -3.38. The number of aromatic nitrogens is 1. The zero-order valence-electron chi connectivity index (χ0n) is 19.1. The second kappa shape index (κ2) is 10.3. The third-order valence-electron chi connectivity index (χ3n) is 5.09. The number of rotatable bonds is 9. The number of anilines is 1. The van der Waals surface area contributed by atoms with E-state index in [0.717, 1.165) is 22.3 Å². The second-order valence-corrected chi connectivity index (χ2v) is 8.36.